The Morgan fingerprint density at radius 2 is 2.20 bits per heavy atom. The zero-order chi connectivity index (χ0) is 10.8. The molecular weight excluding hydrogens is 190 g/mol. The van der Waals surface area contributed by atoms with Gasteiger partial charge in [0.05, 0.1) is 5.56 Å². The lowest BCUT2D eigenvalue weighted by Gasteiger charge is -2.21. The Hall–Kier alpha value is -1.35. The molecule has 0 radical (unpaired) electrons. The van der Waals surface area contributed by atoms with Gasteiger partial charge in [0, 0.05) is 6.04 Å². The lowest BCUT2D eigenvalue weighted by Crippen LogP contribution is -2.19. The molecule has 2 rings (SSSR count). The van der Waals surface area contributed by atoms with Crippen LogP contribution in [0, 0.1) is 0 Å². The minimum atomic E-state index is -0.828. The SMILES string of the molecule is CN1CCCC1c1ccccc1C(=O)O. The molecule has 0 spiro atoms. The fourth-order valence-corrected chi connectivity index (χ4v) is 2.29. The zero-order valence-electron chi connectivity index (χ0n) is 8.81. The predicted octanol–water partition coefficient (Wildman–Crippen LogP) is 2.15. The summed E-state index contributed by atoms with van der Waals surface area (Å²) in [6.07, 6.45) is 2.20. The molecule has 0 bridgehead atoms. The number of nitrogens with zero attached hydrogens (tertiary/aromatic N) is 1. The first-order valence-corrected chi connectivity index (χ1v) is 5.22. The maximum absolute atomic E-state index is 11.1. The minimum absolute atomic E-state index is 0.275. The predicted molar refractivity (Wildman–Crippen MR) is 58.0 cm³/mol. The lowest BCUT2D eigenvalue weighted by atomic mass is 9.99. The molecule has 1 aromatic carbocycles. The number of carboxylic acids is 1. The molecule has 1 saturated heterocycles. The van der Waals surface area contributed by atoms with Gasteiger partial charge in [-0.1, -0.05) is 18.2 Å². The van der Waals surface area contributed by atoms with Crippen molar-refractivity contribution in [2.45, 2.75) is 18.9 Å². The summed E-state index contributed by atoms with van der Waals surface area (Å²) in [5, 5.41) is 9.09. The van der Waals surface area contributed by atoms with E-state index >= 15 is 0 Å². The Labute approximate surface area is 89.3 Å². The van der Waals surface area contributed by atoms with Crippen molar-refractivity contribution in [3.05, 3.63) is 35.4 Å². The summed E-state index contributed by atoms with van der Waals surface area (Å²) in [6, 6.07) is 7.58. The molecule has 3 heteroatoms. The second-order valence-electron chi connectivity index (χ2n) is 4.03. The van der Waals surface area contributed by atoms with Gasteiger partial charge in [0.2, 0.25) is 0 Å². The molecule has 15 heavy (non-hydrogen) atoms. The molecule has 1 heterocycles. The molecule has 0 amide bonds. The fourth-order valence-electron chi connectivity index (χ4n) is 2.29. The number of likely N-dealkylation sites (tertiary alicyclic amines) is 1. The second kappa shape index (κ2) is 4.03. The van der Waals surface area contributed by atoms with Gasteiger partial charge in [0.15, 0.2) is 0 Å². The number of carboxylic acid groups (broad SMARTS) is 1. The van der Waals surface area contributed by atoms with Crippen LogP contribution in [0.3, 0.4) is 0 Å². The number of hydrogen-bond donors (Lipinski definition) is 1. The summed E-state index contributed by atoms with van der Waals surface area (Å²) in [5.41, 5.74) is 1.39. The number of carbonyl (C=O) groups is 1. The minimum Gasteiger partial charge on any atom is -0.478 e. The average molecular weight is 205 g/mol. The summed E-state index contributed by atoms with van der Waals surface area (Å²) in [5.74, 6) is -0.828. The Morgan fingerprint density at radius 1 is 1.47 bits per heavy atom. The molecule has 3 nitrogen and oxygen atoms in total. The third-order valence-electron chi connectivity index (χ3n) is 3.07. The topological polar surface area (TPSA) is 40.5 Å². The third kappa shape index (κ3) is 1.88. The van der Waals surface area contributed by atoms with E-state index in [1.807, 2.05) is 12.1 Å². The highest BCUT2D eigenvalue weighted by Gasteiger charge is 2.25. The van der Waals surface area contributed by atoms with Gasteiger partial charge in [-0.2, -0.15) is 0 Å². The van der Waals surface area contributed by atoms with Crippen molar-refractivity contribution in [1.29, 1.82) is 0 Å². The highest BCUT2D eigenvalue weighted by Crippen LogP contribution is 2.32. The van der Waals surface area contributed by atoms with Crippen LogP contribution < -0.4 is 0 Å². The molecule has 1 aliphatic heterocycles. The summed E-state index contributed by atoms with van der Waals surface area (Å²) >= 11 is 0. The highest BCUT2D eigenvalue weighted by atomic mass is 16.4. The van der Waals surface area contributed by atoms with Crippen LogP contribution in [0.2, 0.25) is 0 Å². The summed E-state index contributed by atoms with van der Waals surface area (Å²) in [6.45, 7) is 1.05. The quantitative estimate of drug-likeness (QED) is 0.804. The molecule has 1 aliphatic rings. The Kier molecular flexibility index (Phi) is 2.73. The van der Waals surface area contributed by atoms with E-state index < -0.39 is 5.97 Å². The van der Waals surface area contributed by atoms with Crippen molar-refractivity contribution in [2.75, 3.05) is 13.6 Å². The van der Waals surface area contributed by atoms with Crippen molar-refractivity contribution < 1.29 is 9.90 Å². The maximum Gasteiger partial charge on any atom is 0.336 e. The first-order chi connectivity index (χ1) is 7.20. The van der Waals surface area contributed by atoms with E-state index in [-0.39, 0.29) is 6.04 Å². The molecule has 1 aromatic rings. The van der Waals surface area contributed by atoms with E-state index in [4.69, 9.17) is 5.11 Å². The highest BCUT2D eigenvalue weighted by molar-refractivity contribution is 5.89. The average Bonchev–Trinajstić information content (AvgIpc) is 2.64. The largest absolute Gasteiger partial charge is 0.478 e. The monoisotopic (exact) mass is 205 g/mol. The van der Waals surface area contributed by atoms with Crippen LogP contribution in [0.4, 0.5) is 0 Å². The van der Waals surface area contributed by atoms with E-state index in [1.165, 1.54) is 0 Å². The van der Waals surface area contributed by atoms with Gasteiger partial charge in [-0.25, -0.2) is 4.79 Å². The zero-order valence-corrected chi connectivity index (χ0v) is 8.81. The summed E-state index contributed by atoms with van der Waals surface area (Å²) in [4.78, 5) is 13.3. The summed E-state index contributed by atoms with van der Waals surface area (Å²) < 4.78 is 0. The molecule has 0 saturated carbocycles. The number of aromatic carboxylic acids is 1. The summed E-state index contributed by atoms with van der Waals surface area (Å²) in [7, 11) is 2.05. The van der Waals surface area contributed by atoms with Crippen LogP contribution >= 0.6 is 0 Å². The van der Waals surface area contributed by atoms with Gasteiger partial charge in [-0.05, 0) is 38.1 Å². The molecule has 0 aromatic heterocycles. The fraction of sp³-hybridized carbons (Fsp3) is 0.417. The van der Waals surface area contributed by atoms with Crippen molar-refractivity contribution in [3.8, 4) is 0 Å². The molecule has 1 fully saturated rings. The van der Waals surface area contributed by atoms with Crippen molar-refractivity contribution in [1.82, 2.24) is 4.90 Å². The van der Waals surface area contributed by atoms with Gasteiger partial charge in [0.1, 0.15) is 0 Å². The van der Waals surface area contributed by atoms with Crippen LogP contribution in [0.15, 0.2) is 24.3 Å². The van der Waals surface area contributed by atoms with Gasteiger partial charge < -0.3 is 5.11 Å². The van der Waals surface area contributed by atoms with Crippen molar-refractivity contribution >= 4 is 5.97 Å². The lowest BCUT2D eigenvalue weighted by molar-refractivity contribution is 0.0694. The maximum atomic E-state index is 11.1. The van der Waals surface area contributed by atoms with E-state index in [0.717, 1.165) is 24.9 Å². The van der Waals surface area contributed by atoms with Crippen molar-refractivity contribution in [2.24, 2.45) is 0 Å². The standard InChI is InChI=1S/C12H15NO2/c1-13-8-4-7-11(13)9-5-2-3-6-10(9)12(14)15/h2-3,5-6,11H,4,7-8H2,1H3,(H,14,15). The van der Waals surface area contributed by atoms with E-state index in [9.17, 15) is 4.79 Å². The molecule has 1 N–H and O–H groups in total. The molecule has 80 valence electrons. The van der Waals surface area contributed by atoms with E-state index in [0.29, 0.717) is 5.56 Å². The first kappa shape index (κ1) is 10.2. The van der Waals surface area contributed by atoms with Gasteiger partial charge in [-0.3, -0.25) is 4.90 Å². The Bertz CT molecular complexity index is 376. The van der Waals surface area contributed by atoms with Crippen LogP contribution in [-0.2, 0) is 0 Å². The van der Waals surface area contributed by atoms with E-state index in [1.54, 1.807) is 12.1 Å². The normalized spacial score (nSPS) is 21.8. The smallest absolute Gasteiger partial charge is 0.336 e. The number of benzene rings is 1. The molecule has 1 unspecified atom stereocenters. The van der Waals surface area contributed by atoms with Crippen LogP contribution in [-0.4, -0.2) is 29.6 Å². The molecular formula is C12H15NO2. The van der Waals surface area contributed by atoms with Crippen LogP contribution in [0.1, 0.15) is 34.8 Å². The first-order valence-electron chi connectivity index (χ1n) is 5.22. The Balaban J connectivity index is 2.38. The van der Waals surface area contributed by atoms with Gasteiger partial charge >= 0.3 is 5.97 Å². The molecule has 0 aliphatic carbocycles. The molecule has 1 atom stereocenters. The number of rotatable bonds is 2. The number of hydrogen-bond acceptors (Lipinski definition) is 2. The van der Waals surface area contributed by atoms with Gasteiger partial charge in [0.25, 0.3) is 0 Å². The van der Waals surface area contributed by atoms with Gasteiger partial charge in [-0.15, -0.1) is 0 Å². The second-order valence-corrected chi connectivity index (χ2v) is 4.03. The van der Waals surface area contributed by atoms with E-state index in [2.05, 4.69) is 11.9 Å². The van der Waals surface area contributed by atoms with Crippen molar-refractivity contribution in [3.63, 3.8) is 0 Å². The van der Waals surface area contributed by atoms with Crippen LogP contribution in [0.5, 0.6) is 0 Å². The van der Waals surface area contributed by atoms with Crippen LogP contribution in [0.25, 0.3) is 0 Å². The third-order valence-corrected chi connectivity index (χ3v) is 3.07. The Morgan fingerprint density at radius 3 is 2.80 bits per heavy atom.